The SMILES string of the molecule is C[C@H](O)c1cccc(-c2ccccc2C(F)(F)F)n1. The molecular formula is C14H12F3NO. The van der Waals surface area contributed by atoms with E-state index in [1.54, 1.807) is 12.1 Å². The van der Waals surface area contributed by atoms with Crippen LogP contribution in [0.25, 0.3) is 11.3 Å². The van der Waals surface area contributed by atoms with Crippen molar-refractivity contribution in [2.45, 2.75) is 19.2 Å². The highest BCUT2D eigenvalue weighted by Crippen LogP contribution is 2.36. The molecule has 1 aromatic heterocycles. The molecule has 0 unspecified atom stereocenters. The van der Waals surface area contributed by atoms with E-state index in [0.29, 0.717) is 5.69 Å². The third-order valence-corrected chi connectivity index (χ3v) is 2.71. The predicted octanol–water partition coefficient (Wildman–Crippen LogP) is 3.82. The molecule has 0 aliphatic heterocycles. The maximum absolute atomic E-state index is 12.9. The van der Waals surface area contributed by atoms with Crippen molar-refractivity contribution >= 4 is 0 Å². The number of nitrogens with zero attached hydrogens (tertiary/aromatic N) is 1. The van der Waals surface area contributed by atoms with Crippen LogP contribution in [-0.4, -0.2) is 10.1 Å². The molecule has 0 aliphatic rings. The number of rotatable bonds is 2. The lowest BCUT2D eigenvalue weighted by Gasteiger charge is -2.13. The molecule has 1 heterocycles. The van der Waals surface area contributed by atoms with Gasteiger partial charge in [0.2, 0.25) is 0 Å². The Morgan fingerprint density at radius 1 is 1.05 bits per heavy atom. The number of aliphatic hydroxyl groups excluding tert-OH is 1. The van der Waals surface area contributed by atoms with E-state index in [2.05, 4.69) is 4.98 Å². The minimum atomic E-state index is -4.43. The highest BCUT2D eigenvalue weighted by molar-refractivity contribution is 5.64. The minimum Gasteiger partial charge on any atom is -0.387 e. The molecule has 0 saturated carbocycles. The van der Waals surface area contributed by atoms with Gasteiger partial charge in [0, 0.05) is 5.56 Å². The molecule has 1 atom stereocenters. The molecule has 2 aromatic rings. The molecule has 0 radical (unpaired) electrons. The number of aromatic nitrogens is 1. The highest BCUT2D eigenvalue weighted by Gasteiger charge is 2.33. The second-order valence-electron chi connectivity index (χ2n) is 4.17. The van der Waals surface area contributed by atoms with Gasteiger partial charge in [-0.25, -0.2) is 0 Å². The standard InChI is InChI=1S/C14H12F3NO/c1-9(19)12-7-4-8-13(18-12)10-5-2-3-6-11(10)14(15,16)17/h2-9,19H,1H3/t9-/m0/s1. The molecule has 2 rings (SSSR count). The van der Waals surface area contributed by atoms with Crippen LogP contribution in [0.5, 0.6) is 0 Å². The summed E-state index contributed by atoms with van der Waals surface area (Å²) in [6, 6.07) is 9.91. The number of pyridine rings is 1. The van der Waals surface area contributed by atoms with Crippen LogP contribution >= 0.6 is 0 Å². The number of alkyl halides is 3. The molecule has 2 nitrogen and oxygen atoms in total. The molecule has 19 heavy (non-hydrogen) atoms. The zero-order valence-corrected chi connectivity index (χ0v) is 10.1. The third kappa shape index (κ3) is 2.93. The van der Waals surface area contributed by atoms with Crippen LogP contribution in [0.1, 0.15) is 24.3 Å². The summed E-state index contributed by atoms with van der Waals surface area (Å²) in [4.78, 5) is 4.07. The zero-order valence-electron chi connectivity index (χ0n) is 10.1. The Kier molecular flexibility index (Phi) is 3.57. The average molecular weight is 267 g/mol. The van der Waals surface area contributed by atoms with Crippen molar-refractivity contribution in [3.05, 3.63) is 53.7 Å². The summed E-state index contributed by atoms with van der Waals surface area (Å²) < 4.78 is 38.7. The lowest BCUT2D eigenvalue weighted by Crippen LogP contribution is -2.07. The fourth-order valence-corrected chi connectivity index (χ4v) is 1.79. The fraction of sp³-hybridized carbons (Fsp3) is 0.214. The van der Waals surface area contributed by atoms with Crippen LogP contribution in [0.2, 0.25) is 0 Å². The van der Waals surface area contributed by atoms with Crippen LogP contribution in [-0.2, 0) is 6.18 Å². The lowest BCUT2D eigenvalue weighted by atomic mass is 10.0. The van der Waals surface area contributed by atoms with Crippen LogP contribution in [0.3, 0.4) is 0 Å². The zero-order chi connectivity index (χ0) is 14.0. The van der Waals surface area contributed by atoms with Crippen molar-refractivity contribution < 1.29 is 18.3 Å². The summed E-state index contributed by atoms with van der Waals surface area (Å²) in [6.07, 6.45) is -5.25. The number of aliphatic hydroxyl groups is 1. The summed E-state index contributed by atoms with van der Waals surface area (Å²) in [6.45, 7) is 1.52. The van der Waals surface area contributed by atoms with Crippen molar-refractivity contribution in [3.8, 4) is 11.3 Å². The van der Waals surface area contributed by atoms with Crippen molar-refractivity contribution in [2.24, 2.45) is 0 Å². The van der Waals surface area contributed by atoms with Crippen molar-refractivity contribution in [1.29, 1.82) is 0 Å². The van der Waals surface area contributed by atoms with E-state index >= 15 is 0 Å². The Morgan fingerprint density at radius 3 is 2.37 bits per heavy atom. The fourth-order valence-electron chi connectivity index (χ4n) is 1.79. The molecule has 0 fully saturated rings. The molecule has 0 amide bonds. The van der Waals surface area contributed by atoms with E-state index in [1.165, 1.54) is 31.2 Å². The summed E-state index contributed by atoms with van der Waals surface area (Å²) in [5.74, 6) is 0. The Labute approximate surface area is 108 Å². The third-order valence-electron chi connectivity index (χ3n) is 2.71. The smallest absolute Gasteiger partial charge is 0.387 e. The van der Waals surface area contributed by atoms with Gasteiger partial charge >= 0.3 is 6.18 Å². The van der Waals surface area contributed by atoms with Crippen molar-refractivity contribution in [2.75, 3.05) is 0 Å². The maximum atomic E-state index is 12.9. The maximum Gasteiger partial charge on any atom is 0.417 e. The second-order valence-corrected chi connectivity index (χ2v) is 4.17. The normalized spacial score (nSPS) is 13.3. The van der Waals surface area contributed by atoms with Gasteiger partial charge in [-0.1, -0.05) is 24.3 Å². The van der Waals surface area contributed by atoms with Crippen molar-refractivity contribution in [3.63, 3.8) is 0 Å². The molecule has 5 heteroatoms. The van der Waals surface area contributed by atoms with E-state index in [9.17, 15) is 18.3 Å². The monoisotopic (exact) mass is 267 g/mol. The Hall–Kier alpha value is -1.88. The minimum absolute atomic E-state index is 0.0116. The lowest BCUT2D eigenvalue weighted by molar-refractivity contribution is -0.137. The molecule has 0 bridgehead atoms. The topological polar surface area (TPSA) is 33.1 Å². The van der Waals surface area contributed by atoms with Gasteiger partial charge in [0.25, 0.3) is 0 Å². The second kappa shape index (κ2) is 5.01. The predicted molar refractivity (Wildman–Crippen MR) is 65.3 cm³/mol. The first-order valence-corrected chi connectivity index (χ1v) is 5.71. The molecule has 1 aromatic carbocycles. The Balaban J connectivity index is 2.56. The summed E-state index contributed by atoms with van der Waals surface area (Å²) in [7, 11) is 0. The van der Waals surface area contributed by atoms with Crippen LogP contribution in [0.15, 0.2) is 42.5 Å². The number of hydrogen-bond acceptors (Lipinski definition) is 2. The summed E-state index contributed by atoms with van der Waals surface area (Å²) in [5, 5.41) is 9.44. The van der Waals surface area contributed by atoms with E-state index in [-0.39, 0.29) is 11.3 Å². The summed E-state index contributed by atoms with van der Waals surface area (Å²) in [5.41, 5.74) is -0.177. The first-order chi connectivity index (χ1) is 8.89. The van der Waals surface area contributed by atoms with Crippen LogP contribution in [0.4, 0.5) is 13.2 Å². The summed E-state index contributed by atoms with van der Waals surface area (Å²) >= 11 is 0. The number of benzene rings is 1. The quantitative estimate of drug-likeness (QED) is 0.897. The largest absolute Gasteiger partial charge is 0.417 e. The first-order valence-electron chi connectivity index (χ1n) is 5.71. The van der Waals surface area contributed by atoms with Gasteiger partial charge in [-0.15, -0.1) is 0 Å². The van der Waals surface area contributed by atoms with Gasteiger partial charge in [-0.2, -0.15) is 13.2 Å². The molecule has 0 saturated heterocycles. The van der Waals surface area contributed by atoms with E-state index < -0.39 is 17.8 Å². The van der Waals surface area contributed by atoms with E-state index in [1.807, 2.05) is 0 Å². The van der Waals surface area contributed by atoms with Gasteiger partial charge < -0.3 is 5.11 Å². The number of hydrogen-bond donors (Lipinski definition) is 1. The van der Waals surface area contributed by atoms with Gasteiger partial charge in [0.05, 0.1) is 23.1 Å². The van der Waals surface area contributed by atoms with Crippen molar-refractivity contribution in [1.82, 2.24) is 4.98 Å². The molecular weight excluding hydrogens is 255 g/mol. The molecule has 0 aliphatic carbocycles. The van der Waals surface area contributed by atoms with Crippen LogP contribution < -0.4 is 0 Å². The van der Waals surface area contributed by atoms with Gasteiger partial charge in [-0.05, 0) is 25.1 Å². The highest BCUT2D eigenvalue weighted by atomic mass is 19.4. The van der Waals surface area contributed by atoms with E-state index in [4.69, 9.17) is 0 Å². The van der Waals surface area contributed by atoms with Gasteiger partial charge in [-0.3, -0.25) is 4.98 Å². The van der Waals surface area contributed by atoms with Crippen LogP contribution in [0, 0.1) is 0 Å². The van der Waals surface area contributed by atoms with Gasteiger partial charge in [0.1, 0.15) is 0 Å². The Bertz CT molecular complexity index is 579. The van der Waals surface area contributed by atoms with Gasteiger partial charge in [0.15, 0.2) is 0 Å². The van der Waals surface area contributed by atoms with E-state index in [0.717, 1.165) is 6.07 Å². The molecule has 0 spiro atoms. The molecule has 100 valence electrons. The first kappa shape index (κ1) is 13.5. The average Bonchev–Trinajstić information content (AvgIpc) is 2.38. The number of halogens is 3. The Morgan fingerprint density at radius 2 is 1.74 bits per heavy atom. The molecule has 1 N–H and O–H groups in total.